The minimum atomic E-state index is -3.25. The van der Waals surface area contributed by atoms with Crippen LogP contribution in [0.25, 0.3) is 0 Å². The molecular weight excluding hydrogens is 262 g/mol. The maximum Gasteiger partial charge on any atom is 0.282 e. The van der Waals surface area contributed by atoms with Crippen molar-refractivity contribution in [2.75, 3.05) is 32.7 Å². The quantitative estimate of drug-likeness (QED) is 0.762. The molecule has 1 saturated heterocycles. The molecule has 112 valence electrons. The lowest BCUT2D eigenvalue weighted by molar-refractivity contribution is 0.266. The van der Waals surface area contributed by atoms with Gasteiger partial charge in [-0.1, -0.05) is 13.8 Å². The van der Waals surface area contributed by atoms with Gasteiger partial charge in [0.15, 0.2) is 0 Å². The summed E-state index contributed by atoms with van der Waals surface area (Å²) in [6.45, 7) is 7.71. The lowest BCUT2D eigenvalue weighted by atomic mass is 9.98. The fourth-order valence-electron chi connectivity index (χ4n) is 2.81. The number of nitrogens with one attached hydrogen (secondary N) is 1. The summed E-state index contributed by atoms with van der Waals surface area (Å²) in [5, 5.41) is 3.34. The lowest BCUT2D eigenvalue weighted by Gasteiger charge is -2.32. The number of piperidine rings is 1. The third-order valence-electron chi connectivity index (χ3n) is 4.18. The summed E-state index contributed by atoms with van der Waals surface area (Å²) in [4.78, 5) is 0. The van der Waals surface area contributed by atoms with E-state index in [9.17, 15) is 8.42 Å². The number of nitrogens with zero attached hydrogens (tertiary/aromatic N) is 2. The van der Waals surface area contributed by atoms with Gasteiger partial charge in [0.05, 0.1) is 0 Å². The van der Waals surface area contributed by atoms with Crippen molar-refractivity contribution in [1.29, 1.82) is 0 Å². The minimum absolute atomic E-state index is 0.264. The van der Waals surface area contributed by atoms with E-state index >= 15 is 0 Å². The Balaban J connectivity index is 2.06. The van der Waals surface area contributed by atoms with Gasteiger partial charge in [-0.25, -0.2) is 0 Å². The first-order chi connectivity index (χ1) is 9.09. The Labute approximate surface area is 117 Å². The van der Waals surface area contributed by atoms with E-state index < -0.39 is 10.2 Å². The van der Waals surface area contributed by atoms with Crippen LogP contribution in [0.4, 0.5) is 0 Å². The van der Waals surface area contributed by atoms with E-state index in [0.717, 1.165) is 38.8 Å². The lowest BCUT2D eigenvalue weighted by Crippen LogP contribution is -2.47. The summed E-state index contributed by atoms with van der Waals surface area (Å²) in [6.07, 6.45) is 4.25. The van der Waals surface area contributed by atoms with Crippen LogP contribution in [-0.4, -0.2) is 55.8 Å². The highest BCUT2D eigenvalue weighted by atomic mass is 32.2. The van der Waals surface area contributed by atoms with Crippen molar-refractivity contribution >= 4 is 10.2 Å². The van der Waals surface area contributed by atoms with Gasteiger partial charge in [-0.15, -0.1) is 0 Å². The van der Waals surface area contributed by atoms with Gasteiger partial charge >= 0.3 is 0 Å². The van der Waals surface area contributed by atoms with Crippen LogP contribution in [0.3, 0.4) is 0 Å². The second-order valence-corrected chi connectivity index (χ2v) is 7.47. The van der Waals surface area contributed by atoms with Crippen molar-refractivity contribution in [2.24, 2.45) is 5.92 Å². The molecule has 19 heavy (non-hydrogen) atoms. The molecule has 1 heterocycles. The zero-order valence-corrected chi connectivity index (χ0v) is 13.0. The molecule has 0 unspecified atom stereocenters. The van der Waals surface area contributed by atoms with Crippen LogP contribution in [0.1, 0.15) is 39.5 Å². The second kappa shape index (κ2) is 6.52. The molecule has 0 aromatic carbocycles. The zero-order valence-electron chi connectivity index (χ0n) is 12.1. The predicted octanol–water partition coefficient (Wildman–Crippen LogP) is 1.04. The standard InChI is InChI=1S/C13H27N3O2S/c1-3-15(4-2)19(17,18)16(13-5-6-13)11-12-7-9-14-10-8-12/h12-14H,3-11H2,1-2H3. The van der Waals surface area contributed by atoms with Gasteiger partial charge in [0.1, 0.15) is 0 Å². The Morgan fingerprint density at radius 1 is 1.05 bits per heavy atom. The molecule has 1 aliphatic heterocycles. The van der Waals surface area contributed by atoms with Crippen LogP contribution in [0, 0.1) is 5.92 Å². The molecule has 2 aliphatic rings. The topological polar surface area (TPSA) is 52.7 Å². The zero-order chi connectivity index (χ0) is 13.9. The average Bonchev–Trinajstić information content (AvgIpc) is 3.22. The molecule has 2 fully saturated rings. The molecule has 1 aliphatic carbocycles. The molecule has 2 rings (SSSR count). The molecule has 1 N–H and O–H groups in total. The fourth-order valence-corrected chi connectivity index (χ4v) is 4.75. The molecule has 6 heteroatoms. The van der Waals surface area contributed by atoms with E-state index in [-0.39, 0.29) is 6.04 Å². The van der Waals surface area contributed by atoms with E-state index in [1.165, 1.54) is 0 Å². The van der Waals surface area contributed by atoms with Crippen LogP contribution in [0.2, 0.25) is 0 Å². The van der Waals surface area contributed by atoms with E-state index in [0.29, 0.717) is 25.6 Å². The van der Waals surface area contributed by atoms with Crippen molar-refractivity contribution in [3.8, 4) is 0 Å². The van der Waals surface area contributed by atoms with Crippen molar-refractivity contribution in [1.82, 2.24) is 13.9 Å². The van der Waals surface area contributed by atoms with E-state index in [1.807, 2.05) is 13.8 Å². The highest BCUT2D eigenvalue weighted by molar-refractivity contribution is 7.86. The summed E-state index contributed by atoms with van der Waals surface area (Å²) in [5.74, 6) is 0.521. The number of hydrogen-bond donors (Lipinski definition) is 1. The van der Waals surface area contributed by atoms with Gasteiger partial charge in [-0.2, -0.15) is 17.0 Å². The molecule has 0 bridgehead atoms. The SMILES string of the molecule is CCN(CC)S(=O)(=O)N(CC1CCNCC1)C1CC1. The van der Waals surface area contributed by atoms with Crippen LogP contribution in [0.5, 0.6) is 0 Å². The molecule has 0 spiro atoms. The van der Waals surface area contributed by atoms with E-state index in [1.54, 1.807) is 8.61 Å². The van der Waals surface area contributed by atoms with Gasteiger partial charge in [0, 0.05) is 25.7 Å². The molecular formula is C13H27N3O2S. The molecule has 0 aromatic heterocycles. The Hall–Kier alpha value is -0.170. The van der Waals surface area contributed by atoms with Crippen molar-refractivity contribution < 1.29 is 8.42 Å². The first-order valence-electron chi connectivity index (χ1n) is 7.57. The summed E-state index contributed by atoms with van der Waals surface area (Å²) in [6, 6.07) is 0.264. The highest BCUT2D eigenvalue weighted by Crippen LogP contribution is 2.32. The third kappa shape index (κ3) is 3.68. The molecule has 0 atom stereocenters. The first kappa shape index (κ1) is 15.2. The van der Waals surface area contributed by atoms with Gasteiger partial charge in [-0.05, 0) is 44.7 Å². The molecule has 0 radical (unpaired) electrons. The van der Waals surface area contributed by atoms with E-state index in [2.05, 4.69) is 5.32 Å². The Morgan fingerprint density at radius 2 is 1.63 bits per heavy atom. The molecule has 0 amide bonds. The Bertz CT molecular complexity index is 371. The molecule has 5 nitrogen and oxygen atoms in total. The van der Waals surface area contributed by atoms with Gasteiger partial charge < -0.3 is 5.32 Å². The maximum absolute atomic E-state index is 12.7. The van der Waals surface area contributed by atoms with Crippen LogP contribution in [0.15, 0.2) is 0 Å². The maximum atomic E-state index is 12.7. The first-order valence-corrected chi connectivity index (χ1v) is 8.96. The second-order valence-electron chi connectivity index (χ2n) is 5.59. The summed E-state index contributed by atoms with van der Waals surface area (Å²) in [5.41, 5.74) is 0. The summed E-state index contributed by atoms with van der Waals surface area (Å²) in [7, 11) is -3.25. The largest absolute Gasteiger partial charge is 0.317 e. The van der Waals surface area contributed by atoms with Crippen LogP contribution >= 0.6 is 0 Å². The fraction of sp³-hybridized carbons (Fsp3) is 1.00. The van der Waals surface area contributed by atoms with Gasteiger partial charge in [-0.3, -0.25) is 0 Å². The average molecular weight is 289 g/mol. The summed E-state index contributed by atoms with van der Waals surface area (Å²) >= 11 is 0. The van der Waals surface area contributed by atoms with E-state index in [4.69, 9.17) is 0 Å². The Kier molecular flexibility index (Phi) is 5.22. The monoisotopic (exact) mass is 289 g/mol. The minimum Gasteiger partial charge on any atom is -0.317 e. The predicted molar refractivity (Wildman–Crippen MR) is 77.2 cm³/mol. The van der Waals surface area contributed by atoms with Gasteiger partial charge in [0.2, 0.25) is 0 Å². The van der Waals surface area contributed by atoms with Crippen LogP contribution in [-0.2, 0) is 10.2 Å². The Morgan fingerprint density at radius 3 is 2.11 bits per heavy atom. The normalized spacial score (nSPS) is 22.3. The van der Waals surface area contributed by atoms with Gasteiger partial charge in [0.25, 0.3) is 10.2 Å². The van der Waals surface area contributed by atoms with Crippen molar-refractivity contribution in [3.63, 3.8) is 0 Å². The van der Waals surface area contributed by atoms with Crippen molar-refractivity contribution in [3.05, 3.63) is 0 Å². The number of hydrogen-bond acceptors (Lipinski definition) is 3. The molecule has 0 aromatic rings. The summed E-state index contributed by atoms with van der Waals surface area (Å²) < 4.78 is 28.7. The number of rotatable bonds is 7. The van der Waals surface area contributed by atoms with Crippen LogP contribution < -0.4 is 5.32 Å². The highest BCUT2D eigenvalue weighted by Gasteiger charge is 2.40. The smallest absolute Gasteiger partial charge is 0.282 e. The molecule has 1 saturated carbocycles. The third-order valence-corrected chi connectivity index (χ3v) is 6.39. The van der Waals surface area contributed by atoms with Crippen molar-refractivity contribution in [2.45, 2.75) is 45.6 Å².